The van der Waals surface area contributed by atoms with Gasteiger partial charge in [-0.2, -0.15) is 0 Å². The van der Waals surface area contributed by atoms with Gasteiger partial charge in [-0.15, -0.1) is 0 Å². The Bertz CT molecular complexity index is 454. The van der Waals surface area contributed by atoms with Crippen LogP contribution >= 0.6 is 0 Å². The number of carbonyl (C=O) groups is 3. The van der Waals surface area contributed by atoms with E-state index in [2.05, 4.69) is 5.32 Å². The molecule has 1 saturated heterocycles. The SMILES string of the molecule is CC(C)C(=O)C1C(C)CCN1C(=O)C(NC(=O)O)C(C)(C)C. The van der Waals surface area contributed by atoms with Crippen molar-refractivity contribution in [3.63, 3.8) is 0 Å². The number of carboxylic acid groups (broad SMARTS) is 1. The molecule has 1 heterocycles. The van der Waals surface area contributed by atoms with Gasteiger partial charge in [-0.1, -0.05) is 41.5 Å². The number of Topliss-reactive ketones (excluding diaryl/α,β-unsaturated/α-hetero) is 1. The summed E-state index contributed by atoms with van der Waals surface area (Å²) in [5, 5.41) is 11.3. The van der Waals surface area contributed by atoms with Crippen LogP contribution in [-0.4, -0.2) is 46.4 Å². The zero-order chi connectivity index (χ0) is 17.2. The molecular formula is C16H28N2O4. The molecule has 3 atom stereocenters. The van der Waals surface area contributed by atoms with Crippen LogP contribution in [0.1, 0.15) is 48.0 Å². The van der Waals surface area contributed by atoms with Crippen molar-refractivity contribution >= 4 is 17.8 Å². The Morgan fingerprint density at radius 3 is 2.18 bits per heavy atom. The molecule has 0 aromatic carbocycles. The Morgan fingerprint density at radius 1 is 1.23 bits per heavy atom. The molecule has 0 saturated carbocycles. The lowest BCUT2D eigenvalue weighted by molar-refractivity contribution is -0.142. The highest BCUT2D eigenvalue weighted by atomic mass is 16.4. The molecule has 0 aromatic heterocycles. The van der Waals surface area contributed by atoms with E-state index in [1.165, 1.54) is 0 Å². The van der Waals surface area contributed by atoms with Crippen LogP contribution in [0.25, 0.3) is 0 Å². The first kappa shape index (κ1) is 18.5. The normalized spacial score (nSPS) is 23.5. The zero-order valence-corrected chi connectivity index (χ0v) is 14.3. The average molecular weight is 312 g/mol. The third-order valence-electron chi connectivity index (χ3n) is 4.22. The van der Waals surface area contributed by atoms with Crippen LogP contribution in [0.5, 0.6) is 0 Å². The predicted molar refractivity (Wildman–Crippen MR) is 83.5 cm³/mol. The molecule has 3 unspecified atom stereocenters. The maximum absolute atomic E-state index is 12.9. The molecule has 0 spiro atoms. The molecule has 1 aliphatic rings. The zero-order valence-electron chi connectivity index (χ0n) is 14.3. The molecule has 0 aliphatic carbocycles. The second-order valence-corrected chi connectivity index (χ2v) is 7.55. The minimum absolute atomic E-state index is 0.0429. The average Bonchev–Trinajstić information content (AvgIpc) is 2.74. The van der Waals surface area contributed by atoms with Crippen molar-refractivity contribution in [3.05, 3.63) is 0 Å². The van der Waals surface area contributed by atoms with E-state index in [-0.39, 0.29) is 23.5 Å². The largest absolute Gasteiger partial charge is 0.465 e. The molecule has 22 heavy (non-hydrogen) atoms. The van der Waals surface area contributed by atoms with Gasteiger partial charge in [0.1, 0.15) is 6.04 Å². The number of hydrogen-bond acceptors (Lipinski definition) is 3. The van der Waals surface area contributed by atoms with Crippen LogP contribution < -0.4 is 5.32 Å². The number of hydrogen-bond donors (Lipinski definition) is 2. The molecule has 1 aliphatic heterocycles. The molecule has 2 amide bonds. The summed E-state index contributed by atoms with van der Waals surface area (Å²) in [6, 6.07) is -1.31. The van der Waals surface area contributed by atoms with Gasteiger partial charge in [0.05, 0.1) is 6.04 Å². The minimum atomic E-state index is -1.23. The van der Waals surface area contributed by atoms with Crippen molar-refractivity contribution in [2.75, 3.05) is 6.54 Å². The summed E-state index contributed by atoms with van der Waals surface area (Å²) in [7, 11) is 0. The highest BCUT2D eigenvalue weighted by Gasteiger charge is 2.44. The Labute approximate surface area is 132 Å². The Hall–Kier alpha value is -1.59. The molecule has 126 valence electrons. The molecule has 6 nitrogen and oxygen atoms in total. The molecule has 1 rings (SSSR count). The van der Waals surface area contributed by atoms with E-state index in [0.29, 0.717) is 6.54 Å². The second kappa shape index (κ2) is 6.67. The highest BCUT2D eigenvalue weighted by Crippen LogP contribution is 2.30. The Morgan fingerprint density at radius 2 is 1.77 bits per heavy atom. The summed E-state index contributed by atoms with van der Waals surface area (Å²) in [5.41, 5.74) is -0.563. The summed E-state index contributed by atoms with van der Waals surface area (Å²) in [6.07, 6.45) is -0.467. The van der Waals surface area contributed by atoms with Gasteiger partial charge in [-0.05, 0) is 17.8 Å². The first-order valence-electron chi connectivity index (χ1n) is 7.80. The van der Waals surface area contributed by atoms with E-state index < -0.39 is 23.6 Å². The van der Waals surface area contributed by atoms with Crippen molar-refractivity contribution in [2.45, 2.75) is 60.0 Å². The number of likely N-dealkylation sites (tertiary alicyclic amines) is 1. The van der Waals surface area contributed by atoms with Crippen LogP contribution in [0.15, 0.2) is 0 Å². The van der Waals surface area contributed by atoms with Gasteiger partial charge in [0.15, 0.2) is 5.78 Å². The van der Waals surface area contributed by atoms with E-state index in [1.807, 2.05) is 41.5 Å². The second-order valence-electron chi connectivity index (χ2n) is 7.55. The lowest BCUT2D eigenvalue weighted by Crippen LogP contribution is -2.57. The number of ketones is 1. The van der Waals surface area contributed by atoms with E-state index in [4.69, 9.17) is 5.11 Å². The lowest BCUT2D eigenvalue weighted by Gasteiger charge is -2.35. The predicted octanol–water partition coefficient (Wildman–Crippen LogP) is 2.13. The lowest BCUT2D eigenvalue weighted by atomic mass is 9.85. The van der Waals surface area contributed by atoms with Gasteiger partial charge in [0.25, 0.3) is 0 Å². The summed E-state index contributed by atoms with van der Waals surface area (Å²) < 4.78 is 0. The third kappa shape index (κ3) is 3.99. The standard InChI is InChI=1S/C16H28N2O4/c1-9(2)12(19)11-10(3)7-8-18(11)14(20)13(16(4,5)6)17-15(21)22/h9-11,13,17H,7-8H2,1-6H3,(H,21,22). The van der Waals surface area contributed by atoms with Gasteiger partial charge in [0, 0.05) is 12.5 Å². The molecule has 6 heteroatoms. The number of rotatable bonds is 4. The van der Waals surface area contributed by atoms with Crippen molar-refractivity contribution < 1.29 is 19.5 Å². The van der Waals surface area contributed by atoms with Crippen molar-refractivity contribution in [1.82, 2.24) is 10.2 Å². The number of nitrogens with one attached hydrogen (secondary N) is 1. The van der Waals surface area contributed by atoms with Gasteiger partial charge < -0.3 is 15.3 Å². The number of nitrogens with zero attached hydrogens (tertiary/aromatic N) is 1. The Balaban J connectivity index is 3.06. The van der Waals surface area contributed by atoms with E-state index in [0.717, 1.165) is 6.42 Å². The summed E-state index contributed by atoms with van der Waals surface area (Å²) in [4.78, 5) is 37.9. The van der Waals surface area contributed by atoms with Crippen LogP contribution in [0.2, 0.25) is 0 Å². The van der Waals surface area contributed by atoms with Crippen LogP contribution in [-0.2, 0) is 9.59 Å². The van der Waals surface area contributed by atoms with E-state index in [9.17, 15) is 14.4 Å². The van der Waals surface area contributed by atoms with Crippen LogP contribution in [0.4, 0.5) is 4.79 Å². The van der Waals surface area contributed by atoms with Crippen LogP contribution in [0, 0.1) is 17.3 Å². The molecule has 0 radical (unpaired) electrons. The third-order valence-corrected chi connectivity index (χ3v) is 4.22. The Kier molecular flexibility index (Phi) is 5.59. The van der Waals surface area contributed by atoms with Crippen molar-refractivity contribution in [2.24, 2.45) is 17.3 Å². The first-order valence-corrected chi connectivity index (χ1v) is 7.80. The van der Waals surface area contributed by atoms with Crippen molar-refractivity contribution in [1.29, 1.82) is 0 Å². The smallest absolute Gasteiger partial charge is 0.405 e. The number of amides is 2. The van der Waals surface area contributed by atoms with Crippen LogP contribution in [0.3, 0.4) is 0 Å². The molecule has 2 N–H and O–H groups in total. The summed E-state index contributed by atoms with van der Waals surface area (Å²) in [6.45, 7) is 11.5. The van der Waals surface area contributed by atoms with Gasteiger partial charge in [0.2, 0.25) is 5.91 Å². The molecular weight excluding hydrogens is 284 g/mol. The fourth-order valence-electron chi connectivity index (χ4n) is 2.91. The fraction of sp³-hybridized carbons (Fsp3) is 0.812. The topological polar surface area (TPSA) is 86.7 Å². The van der Waals surface area contributed by atoms with Gasteiger partial charge in [-0.3, -0.25) is 9.59 Å². The quantitative estimate of drug-likeness (QED) is 0.832. The highest BCUT2D eigenvalue weighted by molar-refractivity contribution is 5.93. The van der Waals surface area contributed by atoms with Gasteiger partial charge in [-0.25, -0.2) is 4.79 Å². The first-order chi connectivity index (χ1) is 9.96. The monoisotopic (exact) mass is 312 g/mol. The molecule has 0 bridgehead atoms. The maximum atomic E-state index is 12.9. The van der Waals surface area contributed by atoms with E-state index >= 15 is 0 Å². The maximum Gasteiger partial charge on any atom is 0.405 e. The summed E-state index contributed by atoms with van der Waals surface area (Å²) >= 11 is 0. The summed E-state index contributed by atoms with van der Waals surface area (Å²) in [5.74, 6) is -0.315. The van der Waals surface area contributed by atoms with Crippen molar-refractivity contribution in [3.8, 4) is 0 Å². The molecule has 0 aromatic rings. The minimum Gasteiger partial charge on any atom is -0.465 e. The number of carbonyl (C=O) groups excluding carboxylic acids is 2. The van der Waals surface area contributed by atoms with Gasteiger partial charge >= 0.3 is 6.09 Å². The molecule has 1 fully saturated rings. The van der Waals surface area contributed by atoms with E-state index in [1.54, 1.807) is 4.90 Å². The fourth-order valence-corrected chi connectivity index (χ4v) is 2.91.